The van der Waals surface area contributed by atoms with E-state index in [1.165, 1.54) is 12.1 Å². The van der Waals surface area contributed by atoms with Gasteiger partial charge in [0.05, 0.1) is 11.1 Å². The highest BCUT2D eigenvalue weighted by Gasteiger charge is 2.19. The van der Waals surface area contributed by atoms with E-state index >= 15 is 0 Å². The number of hydrogen-bond donors (Lipinski definition) is 3. The van der Waals surface area contributed by atoms with Crippen LogP contribution in [0.3, 0.4) is 0 Å². The van der Waals surface area contributed by atoms with Crippen LogP contribution in [0.1, 0.15) is 46.0 Å². The van der Waals surface area contributed by atoms with E-state index in [4.69, 9.17) is 10.8 Å². The number of aromatic nitrogens is 1. The van der Waals surface area contributed by atoms with Crippen molar-refractivity contribution >= 4 is 45.9 Å². The maximum Gasteiger partial charge on any atom is 0.335 e. The number of nitrogens with zero attached hydrogens (tertiary/aromatic N) is 3. The first-order valence-corrected chi connectivity index (χ1v) is 13.1. The molecule has 38 heavy (non-hydrogen) atoms. The molecule has 10 heteroatoms. The van der Waals surface area contributed by atoms with Gasteiger partial charge in [0.2, 0.25) is 5.88 Å². The molecule has 0 atom stereocenters. The highest BCUT2D eigenvalue weighted by molar-refractivity contribution is 7.99. The lowest BCUT2D eigenvalue weighted by atomic mass is 10.1. The monoisotopic (exact) mass is 534 g/mol. The highest BCUT2D eigenvalue weighted by Crippen LogP contribution is 2.41. The fourth-order valence-electron chi connectivity index (χ4n) is 4.05. The number of aromatic carboxylic acids is 1. The molecule has 0 saturated heterocycles. The second-order valence-corrected chi connectivity index (χ2v) is 9.83. The van der Waals surface area contributed by atoms with Gasteiger partial charge in [-0.25, -0.2) is 9.18 Å². The summed E-state index contributed by atoms with van der Waals surface area (Å²) >= 11 is 1.59. The third-order valence-corrected chi connectivity index (χ3v) is 7.07. The highest BCUT2D eigenvalue weighted by atomic mass is 32.2. The summed E-state index contributed by atoms with van der Waals surface area (Å²) in [5.74, 6) is -2.07. The zero-order valence-corrected chi connectivity index (χ0v) is 21.5. The van der Waals surface area contributed by atoms with Crippen LogP contribution in [0.15, 0.2) is 75.8 Å². The molecule has 4 rings (SSSR count). The second kappa shape index (κ2) is 11.9. The number of azo groups is 1. The molecule has 1 aromatic heterocycles. The van der Waals surface area contributed by atoms with Gasteiger partial charge >= 0.3 is 5.97 Å². The number of aryl methyl sites for hydroxylation is 2. The number of nitrogen functional groups attached to an aromatic ring is 1. The van der Waals surface area contributed by atoms with E-state index in [-0.39, 0.29) is 28.4 Å². The van der Waals surface area contributed by atoms with Crippen LogP contribution in [0.4, 0.5) is 15.8 Å². The fourth-order valence-corrected chi connectivity index (χ4v) is 4.99. The van der Waals surface area contributed by atoms with Gasteiger partial charge in [-0.15, -0.1) is 22.0 Å². The largest absolute Gasteiger partial charge is 0.493 e. The first kappa shape index (κ1) is 26.9. The van der Waals surface area contributed by atoms with E-state index in [0.29, 0.717) is 11.9 Å². The molecule has 0 unspecified atom stereocenters. The van der Waals surface area contributed by atoms with Crippen molar-refractivity contribution in [2.24, 2.45) is 10.2 Å². The summed E-state index contributed by atoms with van der Waals surface area (Å²) in [5.41, 5.74) is 7.50. The zero-order chi connectivity index (χ0) is 27.2. The van der Waals surface area contributed by atoms with Crippen molar-refractivity contribution < 1.29 is 24.2 Å². The number of carboxylic acids is 1. The summed E-state index contributed by atoms with van der Waals surface area (Å²) in [6, 6.07) is 16.4. The van der Waals surface area contributed by atoms with Crippen LogP contribution in [-0.4, -0.2) is 32.4 Å². The van der Waals surface area contributed by atoms with Gasteiger partial charge in [-0.1, -0.05) is 31.5 Å². The van der Waals surface area contributed by atoms with Crippen LogP contribution < -0.4 is 5.73 Å². The number of nitrogens with two attached hydrogens (primary N) is 1. The molecule has 0 radical (unpaired) electrons. The number of carboxylic acid groups (broad SMARTS) is 1. The smallest absolute Gasteiger partial charge is 0.335 e. The number of hydrogen-bond acceptors (Lipinski definition) is 6. The lowest BCUT2D eigenvalue weighted by Crippen LogP contribution is -2.03. The van der Waals surface area contributed by atoms with Crippen LogP contribution in [0, 0.1) is 5.82 Å². The maximum absolute atomic E-state index is 14.2. The third-order valence-electron chi connectivity index (χ3n) is 6.08. The normalized spacial score (nSPS) is 11.4. The maximum atomic E-state index is 14.2. The Balaban J connectivity index is 1.60. The number of benzene rings is 3. The van der Waals surface area contributed by atoms with E-state index in [1.54, 1.807) is 40.6 Å². The fraction of sp³-hybridized carbons (Fsp3) is 0.214. The minimum Gasteiger partial charge on any atom is -0.493 e. The van der Waals surface area contributed by atoms with Crippen molar-refractivity contribution in [3.8, 4) is 5.88 Å². The lowest BCUT2D eigenvalue weighted by molar-refractivity contribution is 0.0696. The molecule has 0 aliphatic heterocycles. The molecule has 0 spiro atoms. The molecule has 0 aliphatic carbocycles. The van der Waals surface area contributed by atoms with Gasteiger partial charge in [-0.05, 0) is 60.9 Å². The molecule has 3 aromatic carbocycles. The number of unbranched alkanes of at least 4 members (excludes halogenated alkanes) is 1. The van der Waals surface area contributed by atoms with Crippen molar-refractivity contribution in [2.75, 3.05) is 11.5 Å². The van der Waals surface area contributed by atoms with E-state index in [0.717, 1.165) is 47.1 Å². The first-order valence-electron chi connectivity index (χ1n) is 12.1. The van der Waals surface area contributed by atoms with E-state index in [1.807, 2.05) is 25.1 Å². The summed E-state index contributed by atoms with van der Waals surface area (Å²) in [5, 5.41) is 28.4. The Kier molecular flexibility index (Phi) is 8.42. The van der Waals surface area contributed by atoms with Crippen molar-refractivity contribution in [1.82, 2.24) is 4.57 Å². The molecule has 8 nitrogen and oxygen atoms in total. The van der Waals surface area contributed by atoms with Crippen LogP contribution in [0.25, 0.3) is 10.9 Å². The topological polar surface area (TPSA) is 130 Å². The number of carbonyl (C=O) groups excluding carboxylic acids is 1. The van der Waals surface area contributed by atoms with Gasteiger partial charge in [-0.2, -0.15) is 0 Å². The van der Waals surface area contributed by atoms with Crippen molar-refractivity contribution in [3.05, 3.63) is 83.2 Å². The first-order chi connectivity index (χ1) is 18.3. The van der Waals surface area contributed by atoms with Gasteiger partial charge in [-0.3, -0.25) is 4.79 Å². The number of thioether (sulfide) groups is 1. The molecule has 0 aliphatic rings. The number of amides is 1. The summed E-state index contributed by atoms with van der Waals surface area (Å²) in [7, 11) is 0. The number of aromatic hydroxyl groups is 1. The third kappa shape index (κ3) is 5.86. The van der Waals surface area contributed by atoms with Gasteiger partial charge in [0, 0.05) is 28.3 Å². The molecule has 4 N–H and O–H groups in total. The summed E-state index contributed by atoms with van der Waals surface area (Å²) in [4.78, 5) is 24.5. The summed E-state index contributed by atoms with van der Waals surface area (Å²) in [6.07, 6.45) is 2.48. The minimum absolute atomic E-state index is 0.0418. The van der Waals surface area contributed by atoms with Crippen LogP contribution in [-0.2, 0) is 13.0 Å². The van der Waals surface area contributed by atoms with Crippen molar-refractivity contribution in [2.45, 2.75) is 37.6 Å². The van der Waals surface area contributed by atoms with Gasteiger partial charge in [0.15, 0.2) is 5.69 Å². The van der Waals surface area contributed by atoms with Gasteiger partial charge < -0.3 is 20.5 Å². The van der Waals surface area contributed by atoms with Crippen LogP contribution in [0.2, 0.25) is 0 Å². The molecule has 1 heterocycles. The number of carbonyl (C=O) groups is 2. The van der Waals surface area contributed by atoms with E-state index < -0.39 is 17.7 Å². The average Bonchev–Trinajstić information content (AvgIpc) is 3.16. The SMILES string of the molecule is CCCCn1c(O)c(N=NC(=O)c2c(N)cccc2F)c2cc(SCCc3ccc(C(=O)O)cc3)ccc21. The van der Waals surface area contributed by atoms with Crippen LogP contribution >= 0.6 is 11.8 Å². The quantitative estimate of drug-likeness (QED) is 0.116. The molecular weight excluding hydrogens is 507 g/mol. The molecular formula is C28H27FN4O4S. The number of fused-ring (bicyclic) bond motifs is 1. The Morgan fingerprint density at radius 1 is 1.11 bits per heavy atom. The van der Waals surface area contributed by atoms with Crippen LogP contribution in [0.5, 0.6) is 5.88 Å². The second-order valence-electron chi connectivity index (χ2n) is 8.67. The van der Waals surface area contributed by atoms with E-state index in [9.17, 15) is 19.1 Å². The molecule has 0 saturated carbocycles. The zero-order valence-electron chi connectivity index (χ0n) is 20.7. The number of rotatable bonds is 10. The molecule has 4 aromatic rings. The summed E-state index contributed by atoms with van der Waals surface area (Å²) in [6.45, 7) is 2.60. The molecule has 196 valence electrons. The predicted molar refractivity (Wildman–Crippen MR) is 146 cm³/mol. The Morgan fingerprint density at radius 2 is 1.87 bits per heavy atom. The predicted octanol–water partition coefficient (Wildman–Crippen LogP) is 6.83. The molecule has 0 bridgehead atoms. The average molecular weight is 535 g/mol. The van der Waals surface area contributed by atoms with Crippen molar-refractivity contribution in [3.63, 3.8) is 0 Å². The molecule has 0 fully saturated rings. The Labute approximate surface area is 223 Å². The molecule has 1 amide bonds. The van der Waals surface area contributed by atoms with Crippen molar-refractivity contribution in [1.29, 1.82) is 0 Å². The number of halogens is 1. The van der Waals surface area contributed by atoms with E-state index in [2.05, 4.69) is 10.2 Å². The Bertz CT molecular complexity index is 1500. The minimum atomic E-state index is -0.958. The summed E-state index contributed by atoms with van der Waals surface area (Å²) < 4.78 is 15.9. The van der Waals surface area contributed by atoms with Gasteiger partial charge in [0.1, 0.15) is 11.4 Å². The Hall–Kier alpha value is -4.18. The number of anilines is 1. The Morgan fingerprint density at radius 3 is 2.55 bits per heavy atom. The lowest BCUT2D eigenvalue weighted by Gasteiger charge is -2.06. The standard InChI is InChI=1S/C28H27FN4O4S/c1-2-3-14-33-23-12-11-19(38-15-13-17-7-9-18(10-8-17)28(36)37)16-20(23)25(27(33)35)31-32-26(34)24-21(29)5-4-6-22(24)30/h4-12,16,35H,2-3,13-15,30H2,1H3,(H,36,37). The van der Waals surface area contributed by atoms with Gasteiger partial charge in [0.25, 0.3) is 5.91 Å².